The van der Waals surface area contributed by atoms with Crippen molar-refractivity contribution >= 4 is 23.3 Å². The Bertz CT molecular complexity index is 383. The minimum atomic E-state index is 0.0108. The molecule has 0 spiro atoms. The van der Waals surface area contributed by atoms with Crippen molar-refractivity contribution in [1.29, 1.82) is 0 Å². The second kappa shape index (κ2) is 5.65. The molecule has 0 unspecified atom stereocenters. The largest absolute Gasteiger partial charge is 0.361 e. The zero-order valence-corrected chi connectivity index (χ0v) is 10.4. The molecule has 0 aromatic carbocycles. The summed E-state index contributed by atoms with van der Waals surface area (Å²) in [6, 6.07) is 0. The van der Waals surface area contributed by atoms with Gasteiger partial charge in [-0.05, 0) is 13.8 Å². The van der Waals surface area contributed by atoms with Crippen LogP contribution in [0.2, 0.25) is 5.15 Å². The van der Waals surface area contributed by atoms with Crippen LogP contribution in [0, 0.1) is 6.92 Å². The van der Waals surface area contributed by atoms with E-state index in [-0.39, 0.29) is 12.5 Å². The minimum Gasteiger partial charge on any atom is -0.361 e. The van der Waals surface area contributed by atoms with Crippen molar-refractivity contribution in [1.82, 2.24) is 14.9 Å². The number of hydrogen-bond acceptors (Lipinski definition) is 4. The summed E-state index contributed by atoms with van der Waals surface area (Å²) in [5.41, 5.74) is 0.746. The van der Waals surface area contributed by atoms with Gasteiger partial charge in [0.25, 0.3) is 0 Å². The van der Waals surface area contributed by atoms with Crippen LogP contribution in [-0.2, 0) is 4.79 Å². The smallest absolute Gasteiger partial charge is 0.241 e. The third-order valence-corrected chi connectivity index (χ3v) is 2.71. The molecule has 0 aliphatic rings. The van der Waals surface area contributed by atoms with Crippen molar-refractivity contribution in [2.45, 2.75) is 13.8 Å². The van der Waals surface area contributed by atoms with E-state index in [0.29, 0.717) is 17.5 Å². The molecule has 0 saturated carbocycles. The van der Waals surface area contributed by atoms with Crippen LogP contribution in [0.15, 0.2) is 6.33 Å². The molecule has 0 atom stereocenters. The number of rotatable bonds is 4. The third kappa shape index (κ3) is 3.06. The highest BCUT2D eigenvalue weighted by molar-refractivity contribution is 6.30. The minimum absolute atomic E-state index is 0.0108. The predicted octanol–water partition coefficient (Wildman–Crippen LogP) is 1.33. The summed E-state index contributed by atoms with van der Waals surface area (Å²) in [6.07, 6.45) is 1.37. The van der Waals surface area contributed by atoms with Gasteiger partial charge in [-0.2, -0.15) is 0 Å². The van der Waals surface area contributed by atoms with Gasteiger partial charge in [0.05, 0.1) is 6.54 Å². The van der Waals surface area contributed by atoms with Gasteiger partial charge in [-0.15, -0.1) is 0 Å². The molecule has 0 bridgehead atoms. The first-order valence-corrected chi connectivity index (χ1v) is 5.39. The summed E-state index contributed by atoms with van der Waals surface area (Å²) in [4.78, 5) is 21.0. The van der Waals surface area contributed by atoms with Gasteiger partial charge in [-0.1, -0.05) is 11.6 Å². The Morgan fingerprint density at radius 2 is 2.25 bits per heavy atom. The summed E-state index contributed by atoms with van der Waals surface area (Å²) >= 11 is 5.83. The van der Waals surface area contributed by atoms with Gasteiger partial charge in [-0.25, -0.2) is 9.97 Å². The number of hydrogen-bond donors (Lipinski definition) is 1. The molecule has 0 saturated heterocycles. The first kappa shape index (κ1) is 12.7. The topological polar surface area (TPSA) is 58.1 Å². The molecule has 5 nitrogen and oxygen atoms in total. The fraction of sp³-hybridized carbons (Fsp3) is 0.500. The Hall–Kier alpha value is -1.36. The lowest BCUT2D eigenvalue weighted by Crippen LogP contribution is -2.32. The van der Waals surface area contributed by atoms with Crippen LogP contribution in [0.4, 0.5) is 5.82 Å². The van der Waals surface area contributed by atoms with E-state index >= 15 is 0 Å². The van der Waals surface area contributed by atoms with Gasteiger partial charge in [0.2, 0.25) is 5.91 Å². The highest BCUT2D eigenvalue weighted by atomic mass is 35.5. The van der Waals surface area contributed by atoms with E-state index in [4.69, 9.17) is 11.6 Å². The summed E-state index contributed by atoms with van der Waals surface area (Å²) in [6.45, 7) is 4.62. The molecule has 16 heavy (non-hydrogen) atoms. The van der Waals surface area contributed by atoms with Gasteiger partial charge in [0, 0.05) is 19.2 Å². The summed E-state index contributed by atoms with van der Waals surface area (Å²) in [5, 5.41) is 3.34. The number of nitrogens with zero attached hydrogens (tertiary/aromatic N) is 3. The average Bonchev–Trinajstić information content (AvgIpc) is 2.29. The molecule has 0 aliphatic heterocycles. The second-order valence-corrected chi connectivity index (χ2v) is 3.76. The van der Waals surface area contributed by atoms with Crippen LogP contribution in [-0.4, -0.2) is 40.9 Å². The Balaban J connectivity index is 2.61. The van der Waals surface area contributed by atoms with E-state index in [1.54, 1.807) is 18.9 Å². The maximum atomic E-state index is 11.5. The zero-order chi connectivity index (χ0) is 12.1. The molecule has 1 rings (SSSR count). The van der Waals surface area contributed by atoms with Crippen LogP contribution < -0.4 is 5.32 Å². The first-order valence-electron chi connectivity index (χ1n) is 5.01. The number of anilines is 1. The zero-order valence-electron chi connectivity index (χ0n) is 9.62. The molecule has 0 aliphatic carbocycles. The maximum Gasteiger partial charge on any atom is 0.241 e. The molecule has 1 heterocycles. The lowest BCUT2D eigenvalue weighted by atomic mass is 10.3. The Labute approximate surface area is 99.8 Å². The van der Waals surface area contributed by atoms with Crippen molar-refractivity contribution in [3.63, 3.8) is 0 Å². The van der Waals surface area contributed by atoms with Crippen LogP contribution in [0.25, 0.3) is 0 Å². The van der Waals surface area contributed by atoms with Gasteiger partial charge >= 0.3 is 0 Å². The van der Waals surface area contributed by atoms with E-state index in [1.165, 1.54) is 6.33 Å². The lowest BCUT2D eigenvalue weighted by Gasteiger charge is -2.15. The number of nitrogens with one attached hydrogen (secondary N) is 1. The van der Waals surface area contributed by atoms with Crippen LogP contribution >= 0.6 is 11.6 Å². The van der Waals surface area contributed by atoms with Crippen molar-refractivity contribution in [3.05, 3.63) is 17.0 Å². The highest BCUT2D eigenvalue weighted by Crippen LogP contribution is 2.17. The fourth-order valence-electron chi connectivity index (χ4n) is 1.08. The summed E-state index contributed by atoms with van der Waals surface area (Å²) in [7, 11) is 1.75. The average molecular weight is 243 g/mol. The molecule has 0 fully saturated rings. The predicted molar refractivity (Wildman–Crippen MR) is 63.6 cm³/mol. The quantitative estimate of drug-likeness (QED) is 0.810. The second-order valence-electron chi connectivity index (χ2n) is 3.40. The normalized spacial score (nSPS) is 10.0. The van der Waals surface area contributed by atoms with Crippen molar-refractivity contribution in [2.75, 3.05) is 25.5 Å². The SMILES string of the molecule is CCN(C)C(=O)CNc1ncnc(Cl)c1C. The molecular weight excluding hydrogens is 228 g/mol. The van der Waals surface area contributed by atoms with Gasteiger partial charge in [0.15, 0.2) is 0 Å². The Morgan fingerprint density at radius 3 is 2.88 bits per heavy atom. The third-order valence-electron chi connectivity index (χ3n) is 2.33. The number of amides is 1. The van der Waals surface area contributed by atoms with Crippen LogP contribution in [0.3, 0.4) is 0 Å². The number of carbonyl (C=O) groups excluding carboxylic acids is 1. The number of aromatic nitrogens is 2. The van der Waals surface area contributed by atoms with E-state index in [2.05, 4.69) is 15.3 Å². The highest BCUT2D eigenvalue weighted by Gasteiger charge is 2.09. The molecule has 1 aromatic heterocycles. The van der Waals surface area contributed by atoms with Gasteiger partial charge < -0.3 is 10.2 Å². The molecule has 1 amide bonds. The van der Waals surface area contributed by atoms with Crippen LogP contribution in [0.1, 0.15) is 12.5 Å². The van der Waals surface area contributed by atoms with E-state index in [1.807, 2.05) is 6.92 Å². The number of halogens is 1. The van der Waals surface area contributed by atoms with E-state index < -0.39 is 0 Å². The van der Waals surface area contributed by atoms with Crippen molar-refractivity contribution < 1.29 is 4.79 Å². The van der Waals surface area contributed by atoms with Crippen molar-refractivity contribution in [3.8, 4) is 0 Å². The molecule has 1 N–H and O–H groups in total. The van der Waals surface area contributed by atoms with Gasteiger partial charge in [-0.3, -0.25) is 4.79 Å². The molecular formula is C10H15ClN4O. The Morgan fingerprint density at radius 1 is 1.56 bits per heavy atom. The molecule has 0 radical (unpaired) electrons. The summed E-state index contributed by atoms with van der Waals surface area (Å²) < 4.78 is 0. The fourth-order valence-corrected chi connectivity index (χ4v) is 1.21. The van der Waals surface area contributed by atoms with E-state index in [9.17, 15) is 4.79 Å². The van der Waals surface area contributed by atoms with Gasteiger partial charge in [0.1, 0.15) is 17.3 Å². The van der Waals surface area contributed by atoms with Crippen LogP contribution in [0.5, 0.6) is 0 Å². The molecule has 6 heteroatoms. The monoisotopic (exact) mass is 242 g/mol. The molecule has 1 aromatic rings. The maximum absolute atomic E-state index is 11.5. The number of likely N-dealkylation sites (N-methyl/N-ethyl adjacent to an activating group) is 1. The first-order chi connectivity index (χ1) is 7.56. The standard InChI is InChI=1S/C10H15ClN4O/c1-4-15(3)8(16)5-12-10-7(2)9(11)13-6-14-10/h6H,4-5H2,1-3H3,(H,12,13,14). The number of carbonyl (C=O) groups is 1. The molecule has 88 valence electrons. The lowest BCUT2D eigenvalue weighted by molar-refractivity contribution is -0.127. The van der Waals surface area contributed by atoms with Crippen molar-refractivity contribution in [2.24, 2.45) is 0 Å². The summed E-state index contributed by atoms with van der Waals surface area (Å²) in [5.74, 6) is 0.606. The Kier molecular flexibility index (Phi) is 4.49. The van der Waals surface area contributed by atoms with E-state index in [0.717, 1.165) is 5.56 Å².